The molecular formula is C21H26N2O3S2. The Morgan fingerprint density at radius 3 is 2.32 bits per heavy atom. The fraction of sp³-hybridized carbons (Fsp3) is 0.381. The monoisotopic (exact) mass is 418 g/mol. The van der Waals surface area contributed by atoms with Crippen molar-refractivity contribution in [2.45, 2.75) is 60.6 Å². The standard InChI is InChI=1S/C21H26N2O3S2/c1-15(2)23-28(25,26)18-13-11-16(12-14-18)21(24)22-19-9-5-6-10-20(19)27-17-7-3-4-8-17/h5-6,9-15,17,23H,3-4,7-8H2,1-2H3,(H,22,24). The van der Waals surface area contributed by atoms with E-state index < -0.39 is 10.0 Å². The smallest absolute Gasteiger partial charge is 0.255 e. The van der Waals surface area contributed by atoms with Crippen molar-refractivity contribution in [2.75, 3.05) is 5.32 Å². The second-order valence-corrected chi connectivity index (χ2v) is 10.3. The minimum absolute atomic E-state index is 0.148. The molecule has 1 fully saturated rings. The molecule has 1 amide bonds. The molecule has 5 nitrogen and oxygen atoms in total. The Balaban J connectivity index is 1.71. The van der Waals surface area contributed by atoms with Crippen LogP contribution in [0.25, 0.3) is 0 Å². The summed E-state index contributed by atoms with van der Waals surface area (Å²) in [5, 5.41) is 3.57. The fourth-order valence-electron chi connectivity index (χ4n) is 3.22. The number of carbonyl (C=O) groups excluding carboxylic acids is 1. The van der Waals surface area contributed by atoms with Crippen molar-refractivity contribution in [3.63, 3.8) is 0 Å². The first kappa shape index (κ1) is 20.9. The Hall–Kier alpha value is -1.83. The predicted molar refractivity (Wildman–Crippen MR) is 114 cm³/mol. The number of hydrogen-bond acceptors (Lipinski definition) is 4. The van der Waals surface area contributed by atoms with E-state index in [1.54, 1.807) is 13.8 Å². The molecule has 0 atom stereocenters. The van der Waals surface area contributed by atoms with E-state index >= 15 is 0 Å². The van der Waals surface area contributed by atoms with Crippen LogP contribution in [0.5, 0.6) is 0 Å². The van der Waals surface area contributed by atoms with Crippen LogP contribution >= 0.6 is 11.8 Å². The van der Waals surface area contributed by atoms with Crippen LogP contribution in [0, 0.1) is 0 Å². The van der Waals surface area contributed by atoms with E-state index in [9.17, 15) is 13.2 Å². The van der Waals surface area contributed by atoms with Gasteiger partial charge in [-0.3, -0.25) is 4.79 Å². The van der Waals surface area contributed by atoms with Gasteiger partial charge in [0, 0.05) is 21.8 Å². The van der Waals surface area contributed by atoms with Gasteiger partial charge in [0.15, 0.2) is 0 Å². The molecule has 0 radical (unpaired) electrons. The molecule has 0 spiro atoms. The zero-order chi connectivity index (χ0) is 20.1. The minimum Gasteiger partial charge on any atom is -0.321 e. The molecule has 2 aromatic carbocycles. The molecule has 2 aromatic rings. The summed E-state index contributed by atoms with van der Waals surface area (Å²) in [6.45, 7) is 3.53. The number of benzene rings is 2. The van der Waals surface area contributed by atoms with Crippen LogP contribution in [-0.2, 0) is 10.0 Å². The Morgan fingerprint density at radius 2 is 1.68 bits per heavy atom. The average molecular weight is 419 g/mol. The summed E-state index contributed by atoms with van der Waals surface area (Å²) in [6, 6.07) is 13.6. The lowest BCUT2D eigenvalue weighted by Gasteiger charge is -2.14. The summed E-state index contributed by atoms with van der Waals surface area (Å²) >= 11 is 1.82. The first-order valence-electron chi connectivity index (χ1n) is 9.54. The van der Waals surface area contributed by atoms with Crippen molar-refractivity contribution in [2.24, 2.45) is 0 Å². The predicted octanol–water partition coefficient (Wildman–Crippen LogP) is 4.66. The van der Waals surface area contributed by atoms with Gasteiger partial charge in [-0.05, 0) is 63.1 Å². The molecule has 150 valence electrons. The Kier molecular flexibility index (Phi) is 6.80. The summed E-state index contributed by atoms with van der Waals surface area (Å²) in [7, 11) is -3.57. The van der Waals surface area contributed by atoms with E-state index in [1.165, 1.54) is 49.9 Å². The molecule has 7 heteroatoms. The maximum atomic E-state index is 12.7. The summed E-state index contributed by atoms with van der Waals surface area (Å²) in [5.41, 5.74) is 1.21. The van der Waals surface area contributed by atoms with E-state index in [1.807, 2.05) is 36.0 Å². The molecular weight excluding hydrogens is 392 g/mol. The molecule has 0 heterocycles. The van der Waals surface area contributed by atoms with Crippen LogP contribution in [0.15, 0.2) is 58.3 Å². The number of para-hydroxylation sites is 1. The third-order valence-electron chi connectivity index (χ3n) is 4.55. The van der Waals surface area contributed by atoms with Crippen molar-refractivity contribution in [1.29, 1.82) is 0 Å². The number of anilines is 1. The SMILES string of the molecule is CC(C)NS(=O)(=O)c1ccc(C(=O)Nc2ccccc2SC2CCCC2)cc1. The molecule has 0 aliphatic heterocycles. The highest BCUT2D eigenvalue weighted by Gasteiger charge is 2.19. The highest BCUT2D eigenvalue weighted by molar-refractivity contribution is 8.00. The van der Waals surface area contributed by atoms with Crippen LogP contribution in [-0.4, -0.2) is 25.6 Å². The van der Waals surface area contributed by atoms with E-state index in [0.29, 0.717) is 10.8 Å². The minimum atomic E-state index is -3.57. The lowest BCUT2D eigenvalue weighted by atomic mass is 10.2. The first-order valence-corrected chi connectivity index (χ1v) is 11.9. The highest BCUT2D eigenvalue weighted by Crippen LogP contribution is 2.38. The summed E-state index contributed by atoms with van der Waals surface area (Å²) in [6.07, 6.45) is 4.97. The normalized spacial score (nSPS) is 15.1. The van der Waals surface area contributed by atoms with Gasteiger partial charge in [0.2, 0.25) is 10.0 Å². The second-order valence-electron chi connectivity index (χ2n) is 7.27. The molecule has 0 unspecified atom stereocenters. The zero-order valence-electron chi connectivity index (χ0n) is 16.1. The number of amides is 1. The fourth-order valence-corrected chi connectivity index (χ4v) is 5.80. The van der Waals surface area contributed by atoms with E-state index in [4.69, 9.17) is 0 Å². The lowest BCUT2D eigenvalue weighted by molar-refractivity contribution is 0.102. The maximum absolute atomic E-state index is 12.7. The number of carbonyl (C=O) groups is 1. The third kappa shape index (κ3) is 5.37. The Bertz CT molecular complexity index is 919. The van der Waals surface area contributed by atoms with Crippen LogP contribution in [0.2, 0.25) is 0 Å². The van der Waals surface area contributed by atoms with Crippen molar-refractivity contribution in [1.82, 2.24) is 4.72 Å². The number of hydrogen-bond donors (Lipinski definition) is 2. The van der Waals surface area contributed by atoms with Crippen LogP contribution in [0.1, 0.15) is 49.9 Å². The quantitative estimate of drug-likeness (QED) is 0.686. The van der Waals surface area contributed by atoms with Gasteiger partial charge < -0.3 is 5.32 Å². The van der Waals surface area contributed by atoms with Crippen molar-refractivity contribution in [3.8, 4) is 0 Å². The summed E-state index contributed by atoms with van der Waals surface area (Å²) < 4.78 is 27.0. The molecule has 0 aromatic heterocycles. The van der Waals surface area contributed by atoms with Gasteiger partial charge in [0.1, 0.15) is 0 Å². The van der Waals surface area contributed by atoms with Gasteiger partial charge in [-0.1, -0.05) is 25.0 Å². The molecule has 1 saturated carbocycles. The van der Waals surface area contributed by atoms with Crippen LogP contribution in [0.4, 0.5) is 5.69 Å². The summed E-state index contributed by atoms with van der Waals surface area (Å²) in [4.78, 5) is 13.9. The molecule has 1 aliphatic carbocycles. The van der Waals surface area contributed by atoms with Gasteiger partial charge in [-0.25, -0.2) is 13.1 Å². The van der Waals surface area contributed by atoms with Crippen LogP contribution in [0.3, 0.4) is 0 Å². The Labute approximate surface area is 171 Å². The molecule has 0 saturated heterocycles. The van der Waals surface area contributed by atoms with E-state index in [2.05, 4.69) is 10.0 Å². The van der Waals surface area contributed by atoms with Gasteiger partial charge in [-0.2, -0.15) is 0 Å². The van der Waals surface area contributed by atoms with E-state index in [0.717, 1.165) is 10.6 Å². The number of rotatable bonds is 7. The van der Waals surface area contributed by atoms with Gasteiger partial charge in [-0.15, -0.1) is 11.8 Å². The Morgan fingerprint density at radius 1 is 1.04 bits per heavy atom. The van der Waals surface area contributed by atoms with E-state index in [-0.39, 0.29) is 16.8 Å². The number of sulfonamides is 1. The van der Waals surface area contributed by atoms with Crippen molar-refractivity contribution >= 4 is 33.4 Å². The summed E-state index contributed by atoms with van der Waals surface area (Å²) in [5.74, 6) is -0.250. The zero-order valence-corrected chi connectivity index (χ0v) is 17.8. The first-order chi connectivity index (χ1) is 13.3. The van der Waals surface area contributed by atoms with Crippen molar-refractivity contribution in [3.05, 3.63) is 54.1 Å². The molecule has 3 rings (SSSR count). The van der Waals surface area contributed by atoms with Crippen molar-refractivity contribution < 1.29 is 13.2 Å². The van der Waals surface area contributed by atoms with Gasteiger partial charge >= 0.3 is 0 Å². The lowest BCUT2D eigenvalue weighted by Crippen LogP contribution is -2.30. The highest BCUT2D eigenvalue weighted by atomic mass is 32.2. The number of nitrogens with one attached hydrogen (secondary N) is 2. The molecule has 2 N–H and O–H groups in total. The maximum Gasteiger partial charge on any atom is 0.255 e. The number of thioether (sulfide) groups is 1. The molecule has 28 heavy (non-hydrogen) atoms. The topological polar surface area (TPSA) is 75.3 Å². The van der Waals surface area contributed by atoms with Gasteiger partial charge in [0.25, 0.3) is 5.91 Å². The third-order valence-corrected chi connectivity index (χ3v) is 7.64. The molecule has 1 aliphatic rings. The largest absolute Gasteiger partial charge is 0.321 e. The average Bonchev–Trinajstić information content (AvgIpc) is 3.15. The van der Waals surface area contributed by atoms with Gasteiger partial charge in [0.05, 0.1) is 10.6 Å². The second kappa shape index (κ2) is 9.11. The molecule has 0 bridgehead atoms. The van der Waals surface area contributed by atoms with Crippen LogP contribution < -0.4 is 10.0 Å².